The van der Waals surface area contributed by atoms with Crippen LogP contribution in [-0.4, -0.2) is 81.7 Å². The summed E-state index contributed by atoms with van der Waals surface area (Å²) >= 11 is 1.79. The highest BCUT2D eigenvalue weighted by atomic mass is 32.1. The zero-order chi connectivity index (χ0) is 21.2. The maximum atomic E-state index is 12.1. The van der Waals surface area contributed by atoms with E-state index in [4.69, 9.17) is 4.74 Å². The second kappa shape index (κ2) is 12.3. The molecule has 30 heavy (non-hydrogen) atoms. The number of guanidine groups is 1. The van der Waals surface area contributed by atoms with E-state index in [1.54, 1.807) is 30.3 Å². The Kier molecular flexibility index (Phi) is 9.42. The number of hydrogen-bond acceptors (Lipinski definition) is 5. The summed E-state index contributed by atoms with van der Waals surface area (Å²) in [5.41, 5.74) is 0. The maximum Gasteiger partial charge on any atom is 0.243 e. The number of carbonyl (C=O) groups excluding carboxylic acids is 1. The molecule has 1 aliphatic carbocycles. The van der Waals surface area contributed by atoms with E-state index in [0.29, 0.717) is 5.92 Å². The summed E-state index contributed by atoms with van der Waals surface area (Å²) in [5.74, 6) is 1.45. The Labute approximate surface area is 184 Å². The quantitative estimate of drug-likeness (QED) is 0.485. The fraction of sp³-hybridized carbons (Fsp3) is 0.727. The maximum absolute atomic E-state index is 12.1. The van der Waals surface area contributed by atoms with Gasteiger partial charge in [0.05, 0.1) is 19.3 Å². The molecule has 0 bridgehead atoms. The van der Waals surface area contributed by atoms with Crippen molar-refractivity contribution in [3.8, 4) is 0 Å². The standard InChI is InChI=1S/C22H37N5O2S/c1-26(2)21(28)17-25-22(23-15-18-7-4-3-5-8-18)24-16-19(20-9-6-14-30-20)27-10-12-29-13-11-27/h6,9,14,18-19H,3-5,7-8,10-13,15-17H2,1-2H3,(H2,23,24,25). The Morgan fingerprint density at radius 3 is 2.70 bits per heavy atom. The lowest BCUT2D eigenvalue weighted by Crippen LogP contribution is -2.47. The summed E-state index contributed by atoms with van der Waals surface area (Å²) in [6.45, 7) is 5.27. The molecule has 1 atom stereocenters. The van der Waals surface area contributed by atoms with Gasteiger partial charge in [0.15, 0.2) is 5.96 Å². The lowest BCUT2D eigenvalue weighted by atomic mass is 9.89. The van der Waals surface area contributed by atoms with Gasteiger partial charge in [0.1, 0.15) is 6.54 Å². The molecule has 2 N–H and O–H groups in total. The molecule has 8 heteroatoms. The van der Waals surface area contributed by atoms with Gasteiger partial charge in [-0.1, -0.05) is 25.3 Å². The van der Waals surface area contributed by atoms with Crippen molar-refractivity contribution in [1.82, 2.24) is 20.4 Å². The Morgan fingerprint density at radius 2 is 2.03 bits per heavy atom. The molecule has 1 aromatic rings. The molecule has 1 aliphatic heterocycles. The summed E-state index contributed by atoms with van der Waals surface area (Å²) in [7, 11) is 3.54. The van der Waals surface area contributed by atoms with Gasteiger partial charge in [-0.15, -0.1) is 11.3 Å². The van der Waals surface area contributed by atoms with Crippen LogP contribution < -0.4 is 10.6 Å². The molecule has 2 aliphatic rings. The fourth-order valence-corrected chi connectivity index (χ4v) is 4.93. The van der Waals surface area contributed by atoms with Crippen molar-refractivity contribution in [1.29, 1.82) is 0 Å². The first-order valence-corrected chi connectivity index (χ1v) is 12.1. The van der Waals surface area contributed by atoms with Crippen LogP contribution in [0.2, 0.25) is 0 Å². The van der Waals surface area contributed by atoms with E-state index in [1.807, 2.05) is 0 Å². The minimum absolute atomic E-state index is 0.0109. The lowest BCUT2D eigenvalue weighted by Gasteiger charge is -2.34. The fourth-order valence-electron chi connectivity index (χ4n) is 4.07. The summed E-state index contributed by atoms with van der Waals surface area (Å²) in [4.78, 5) is 22.1. The first kappa shape index (κ1) is 23.0. The van der Waals surface area contributed by atoms with Crippen molar-refractivity contribution in [3.05, 3.63) is 22.4 Å². The molecule has 7 nitrogen and oxygen atoms in total. The molecular formula is C22H37N5O2S. The van der Waals surface area contributed by atoms with Gasteiger partial charge >= 0.3 is 0 Å². The number of amides is 1. The van der Waals surface area contributed by atoms with Gasteiger partial charge in [-0.25, -0.2) is 4.99 Å². The Bertz CT molecular complexity index is 652. The minimum Gasteiger partial charge on any atom is -0.379 e. The van der Waals surface area contributed by atoms with Gasteiger partial charge in [-0.05, 0) is 30.2 Å². The van der Waals surface area contributed by atoms with E-state index in [1.165, 1.54) is 37.0 Å². The van der Waals surface area contributed by atoms with Gasteiger partial charge in [0.25, 0.3) is 0 Å². The Hall–Kier alpha value is -1.64. The highest BCUT2D eigenvalue weighted by Gasteiger charge is 2.24. The highest BCUT2D eigenvalue weighted by molar-refractivity contribution is 7.10. The van der Waals surface area contributed by atoms with E-state index < -0.39 is 0 Å². The van der Waals surface area contributed by atoms with E-state index in [2.05, 4.69) is 38.0 Å². The minimum atomic E-state index is 0.0109. The Balaban J connectivity index is 1.63. The SMILES string of the molecule is CN(C)C(=O)CN=C(NCC1CCCCC1)NCC(c1cccs1)N1CCOCC1. The highest BCUT2D eigenvalue weighted by Crippen LogP contribution is 2.25. The number of likely N-dealkylation sites (N-methyl/N-ethyl adjacent to an activating group) is 1. The largest absolute Gasteiger partial charge is 0.379 e. The molecule has 2 fully saturated rings. The van der Waals surface area contributed by atoms with Crippen LogP contribution in [0.15, 0.2) is 22.5 Å². The summed E-state index contributed by atoms with van der Waals surface area (Å²) in [5, 5.41) is 9.18. The van der Waals surface area contributed by atoms with E-state index in [9.17, 15) is 4.79 Å². The van der Waals surface area contributed by atoms with Crippen LogP contribution in [-0.2, 0) is 9.53 Å². The van der Waals surface area contributed by atoms with Gasteiger partial charge in [0.2, 0.25) is 5.91 Å². The monoisotopic (exact) mass is 435 g/mol. The first-order valence-electron chi connectivity index (χ1n) is 11.2. The number of morpholine rings is 1. The van der Waals surface area contributed by atoms with Crippen molar-refractivity contribution < 1.29 is 9.53 Å². The van der Waals surface area contributed by atoms with Crippen LogP contribution in [0.4, 0.5) is 0 Å². The number of hydrogen-bond donors (Lipinski definition) is 2. The summed E-state index contributed by atoms with van der Waals surface area (Å²) in [6.07, 6.45) is 6.56. The number of thiophene rings is 1. The molecule has 1 saturated heterocycles. The smallest absolute Gasteiger partial charge is 0.243 e. The molecule has 1 unspecified atom stereocenters. The van der Waals surface area contributed by atoms with Gasteiger partial charge in [0, 0.05) is 45.2 Å². The number of rotatable bonds is 8. The molecule has 1 aromatic heterocycles. The predicted octanol–water partition coefficient (Wildman–Crippen LogP) is 2.33. The molecule has 1 amide bonds. The first-order chi connectivity index (χ1) is 14.6. The lowest BCUT2D eigenvalue weighted by molar-refractivity contribution is -0.127. The van der Waals surface area contributed by atoms with Crippen molar-refractivity contribution in [3.63, 3.8) is 0 Å². The molecule has 0 spiro atoms. The zero-order valence-electron chi connectivity index (χ0n) is 18.4. The van der Waals surface area contributed by atoms with Gasteiger partial charge < -0.3 is 20.3 Å². The third kappa shape index (κ3) is 7.25. The van der Waals surface area contributed by atoms with Crippen LogP contribution >= 0.6 is 11.3 Å². The topological polar surface area (TPSA) is 69.2 Å². The molecule has 2 heterocycles. The number of nitrogens with one attached hydrogen (secondary N) is 2. The third-order valence-corrected chi connectivity index (χ3v) is 6.95. The van der Waals surface area contributed by atoms with Crippen LogP contribution in [0.25, 0.3) is 0 Å². The summed E-state index contributed by atoms with van der Waals surface area (Å²) < 4.78 is 5.55. The molecule has 0 aromatic carbocycles. The van der Waals surface area contributed by atoms with Gasteiger partial charge in [-0.3, -0.25) is 9.69 Å². The van der Waals surface area contributed by atoms with Crippen molar-refractivity contribution in [2.45, 2.75) is 38.1 Å². The molecule has 0 radical (unpaired) electrons. The van der Waals surface area contributed by atoms with Gasteiger partial charge in [-0.2, -0.15) is 0 Å². The van der Waals surface area contributed by atoms with Crippen molar-refractivity contribution in [2.24, 2.45) is 10.9 Å². The van der Waals surface area contributed by atoms with Crippen molar-refractivity contribution in [2.75, 3.05) is 60.0 Å². The number of aliphatic imine (C=N–C) groups is 1. The zero-order valence-corrected chi connectivity index (χ0v) is 19.3. The number of ether oxygens (including phenoxy) is 1. The Morgan fingerprint density at radius 1 is 1.27 bits per heavy atom. The second-order valence-electron chi connectivity index (χ2n) is 8.40. The van der Waals surface area contributed by atoms with Crippen LogP contribution in [0.5, 0.6) is 0 Å². The third-order valence-electron chi connectivity index (χ3n) is 5.98. The van der Waals surface area contributed by atoms with E-state index in [0.717, 1.165) is 45.4 Å². The molecule has 1 saturated carbocycles. The number of carbonyl (C=O) groups is 1. The molecule has 3 rings (SSSR count). The average Bonchev–Trinajstić information content (AvgIpc) is 3.31. The molecule has 168 valence electrons. The van der Waals surface area contributed by atoms with E-state index >= 15 is 0 Å². The predicted molar refractivity (Wildman–Crippen MR) is 123 cm³/mol. The molecular weight excluding hydrogens is 398 g/mol. The second-order valence-corrected chi connectivity index (χ2v) is 9.38. The number of nitrogens with zero attached hydrogens (tertiary/aromatic N) is 3. The van der Waals surface area contributed by atoms with Crippen molar-refractivity contribution >= 4 is 23.2 Å². The van der Waals surface area contributed by atoms with Crippen LogP contribution in [0, 0.1) is 5.92 Å². The van der Waals surface area contributed by atoms with Crippen LogP contribution in [0.3, 0.4) is 0 Å². The van der Waals surface area contributed by atoms with Crippen LogP contribution in [0.1, 0.15) is 43.0 Å². The summed E-state index contributed by atoms with van der Waals surface area (Å²) in [6, 6.07) is 4.59. The average molecular weight is 436 g/mol. The van der Waals surface area contributed by atoms with E-state index in [-0.39, 0.29) is 18.5 Å². The normalized spacial score (nSPS) is 20.0.